The summed E-state index contributed by atoms with van der Waals surface area (Å²) < 4.78 is 0. The molecule has 0 saturated carbocycles. The maximum absolute atomic E-state index is 12.2. The summed E-state index contributed by atoms with van der Waals surface area (Å²) in [6.45, 7) is 1.75. The third-order valence-corrected chi connectivity index (χ3v) is 2.95. The quantitative estimate of drug-likeness (QED) is 0.805. The lowest BCUT2D eigenvalue weighted by Gasteiger charge is -2.09. The van der Waals surface area contributed by atoms with Gasteiger partial charge in [0, 0.05) is 30.4 Å². The zero-order valence-electron chi connectivity index (χ0n) is 11.7. The second kappa shape index (κ2) is 6.67. The summed E-state index contributed by atoms with van der Waals surface area (Å²) in [7, 11) is 0. The molecule has 0 aliphatic carbocycles. The van der Waals surface area contributed by atoms with Crippen LogP contribution in [0.25, 0.3) is 0 Å². The Hall–Kier alpha value is -2.66. The van der Waals surface area contributed by atoms with Gasteiger partial charge in [0.1, 0.15) is 0 Å². The van der Waals surface area contributed by atoms with Crippen LogP contribution in [0.2, 0.25) is 0 Å². The van der Waals surface area contributed by atoms with Gasteiger partial charge in [0.2, 0.25) is 5.91 Å². The van der Waals surface area contributed by atoms with Gasteiger partial charge in [0.25, 0.3) is 5.91 Å². The minimum absolute atomic E-state index is 0.136. The van der Waals surface area contributed by atoms with E-state index in [2.05, 4.69) is 10.6 Å². The molecular formula is C16H17N3O2. The van der Waals surface area contributed by atoms with Gasteiger partial charge in [0.05, 0.1) is 0 Å². The lowest BCUT2D eigenvalue weighted by molar-refractivity contribution is -0.114. The first-order valence-corrected chi connectivity index (χ1v) is 6.57. The van der Waals surface area contributed by atoms with E-state index in [1.165, 1.54) is 6.92 Å². The van der Waals surface area contributed by atoms with E-state index in [1.54, 1.807) is 36.4 Å². The van der Waals surface area contributed by atoms with Crippen LogP contribution in [0.3, 0.4) is 0 Å². The van der Waals surface area contributed by atoms with E-state index in [-0.39, 0.29) is 11.8 Å². The van der Waals surface area contributed by atoms with Crippen LogP contribution in [-0.4, -0.2) is 11.8 Å². The zero-order chi connectivity index (χ0) is 15.2. The van der Waals surface area contributed by atoms with Gasteiger partial charge >= 0.3 is 0 Å². The first-order chi connectivity index (χ1) is 10.1. The molecule has 0 bridgehead atoms. The van der Waals surface area contributed by atoms with E-state index >= 15 is 0 Å². The zero-order valence-corrected chi connectivity index (χ0v) is 11.7. The van der Waals surface area contributed by atoms with Crippen molar-refractivity contribution in [3.63, 3.8) is 0 Å². The molecule has 0 heterocycles. The number of hydrogen-bond donors (Lipinski definition) is 3. The van der Waals surface area contributed by atoms with E-state index in [4.69, 9.17) is 5.73 Å². The number of rotatable bonds is 4. The fourth-order valence-corrected chi connectivity index (χ4v) is 1.96. The fourth-order valence-electron chi connectivity index (χ4n) is 1.96. The average molecular weight is 283 g/mol. The normalized spacial score (nSPS) is 10.0. The van der Waals surface area contributed by atoms with Crippen LogP contribution in [-0.2, 0) is 11.3 Å². The van der Waals surface area contributed by atoms with Crippen LogP contribution in [0.5, 0.6) is 0 Å². The van der Waals surface area contributed by atoms with Gasteiger partial charge in [0.15, 0.2) is 0 Å². The third kappa shape index (κ3) is 3.90. The number of carbonyl (C=O) groups is 2. The molecule has 2 aromatic carbocycles. The number of nitrogens with one attached hydrogen (secondary N) is 2. The fraction of sp³-hybridized carbons (Fsp3) is 0.125. The van der Waals surface area contributed by atoms with Crippen LogP contribution >= 0.6 is 0 Å². The largest absolute Gasteiger partial charge is 0.326 e. The molecule has 4 N–H and O–H groups in total. The van der Waals surface area contributed by atoms with Gasteiger partial charge in [-0.2, -0.15) is 0 Å². The van der Waals surface area contributed by atoms with Crippen molar-refractivity contribution < 1.29 is 9.59 Å². The smallest absolute Gasteiger partial charge is 0.255 e. The summed E-state index contributed by atoms with van der Waals surface area (Å²) in [6.07, 6.45) is 0. The van der Waals surface area contributed by atoms with Gasteiger partial charge in [-0.15, -0.1) is 0 Å². The molecule has 0 aliphatic rings. The maximum atomic E-state index is 12.2. The molecule has 0 aromatic heterocycles. The first-order valence-electron chi connectivity index (χ1n) is 6.57. The van der Waals surface area contributed by atoms with E-state index in [0.717, 1.165) is 5.56 Å². The van der Waals surface area contributed by atoms with Crippen molar-refractivity contribution in [2.45, 2.75) is 13.5 Å². The Balaban J connectivity index is 2.10. The van der Waals surface area contributed by atoms with Crippen molar-refractivity contribution >= 4 is 23.2 Å². The summed E-state index contributed by atoms with van der Waals surface area (Å²) in [6, 6.07) is 14.1. The predicted molar refractivity (Wildman–Crippen MR) is 83.0 cm³/mol. The number of anilines is 2. The van der Waals surface area contributed by atoms with Gasteiger partial charge in [-0.3, -0.25) is 9.59 Å². The topological polar surface area (TPSA) is 84.2 Å². The number of benzene rings is 2. The monoisotopic (exact) mass is 283 g/mol. The summed E-state index contributed by atoms with van der Waals surface area (Å²) in [5.41, 5.74) is 8.32. The van der Waals surface area contributed by atoms with E-state index in [0.29, 0.717) is 23.5 Å². The van der Waals surface area contributed by atoms with Crippen LogP contribution in [0, 0.1) is 0 Å². The molecule has 2 rings (SSSR count). The molecule has 0 unspecified atom stereocenters. The van der Waals surface area contributed by atoms with E-state index in [1.807, 2.05) is 12.1 Å². The Labute approximate surface area is 123 Å². The number of nitrogens with two attached hydrogens (primary N) is 1. The number of hydrogen-bond acceptors (Lipinski definition) is 3. The van der Waals surface area contributed by atoms with Gasteiger partial charge in [-0.05, 0) is 35.9 Å². The Morgan fingerprint density at radius 2 is 1.52 bits per heavy atom. The highest BCUT2D eigenvalue weighted by atomic mass is 16.2. The van der Waals surface area contributed by atoms with Gasteiger partial charge in [-0.25, -0.2) is 0 Å². The van der Waals surface area contributed by atoms with Crippen molar-refractivity contribution in [3.8, 4) is 0 Å². The van der Waals surface area contributed by atoms with Crippen LogP contribution < -0.4 is 16.4 Å². The molecule has 2 amide bonds. The second-order valence-corrected chi connectivity index (χ2v) is 4.57. The Bertz CT molecular complexity index is 651. The summed E-state index contributed by atoms with van der Waals surface area (Å²) in [5, 5.41) is 5.47. The predicted octanol–water partition coefficient (Wildman–Crippen LogP) is 2.36. The van der Waals surface area contributed by atoms with Gasteiger partial charge < -0.3 is 16.4 Å². The van der Waals surface area contributed by atoms with Crippen molar-refractivity contribution in [3.05, 3.63) is 59.7 Å². The minimum Gasteiger partial charge on any atom is -0.326 e. The lowest BCUT2D eigenvalue weighted by atomic mass is 10.1. The SMILES string of the molecule is CC(=O)Nc1ccc(NC(=O)c2ccccc2CN)cc1. The Morgan fingerprint density at radius 3 is 2.10 bits per heavy atom. The average Bonchev–Trinajstić information content (AvgIpc) is 2.48. The third-order valence-electron chi connectivity index (χ3n) is 2.95. The molecule has 0 fully saturated rings. The molecule has 2 aromatic rings. The molecule has 0 aliphatic heterocycles. The molecule has 21 heavy (non-hydrogen) atoms. The minimum atomic E-state index is -0.205. The molecule has 5 heteroatoms. The van der Waals surface area contributed by atoms with Gasteiger partial charge in [-0.1, -0.05) is 18.2 Å². The van der Waals surface area contributed by atoms with Crippen LogP contribution in [0.1, 0.15) is 22.8 Å². The molecule has 0 atom stereocenters. The Kier molecular flexibility index (Phi) is 4.68. The second-order valence-electron chi connectivity index (χ2n) is 4.57. The highest BCUT2D eigenvalue weighted by Gasteiger charge is 2.10. The number of carbonyl (C=O) groups excluding carboxylic acids is 2. The van der Waals surface area contributed by atoms with Crippen LogP contribution in [0.4, 0.5) is 11.4 Å². The highest BCUT2D eigenvalue weighted by molar-refractivity contribution is 6.05. The van der Waals surface area contributed by atoms with Crippen molar-refractivity contribution in [1.29, 1.82) is 0 Å². The van der Waals surface area contributed by atoms with Crippen molar-refractivity contribution in [2.24, 2.45) is 5.73 Å². The van der Waals surface area contributed by atoms with E-state index in [9.17, 15) is 9.59 Å². The van der Waals surface area contributed by atoms with Crippen LogP contribution in [0.15, 0.2) is 48.5 Å². The molecule has 0 spiro atoms. The first kappa shape index (κ1) is 14.7. The molecule has 0 radical (unpaired) electrons. The summed E-state index contributed by atoms with van der Waals surface area (Å²) in [4.78, 5) is 23.2. The molecular weight excluding hydrogens is 266 g/mol. The lowest BCUT2D eigenvalue weighted by Crippen LogP contribution is -2.15. The molecule has 108 valence electrons. The maximum Gasteiger partial charge on any atom is 0.255 e. The number of amides is 2. The summed E-state index contributed by atoms with van der Waals surface area (Å²) in [5.74, 6) is -0.341. The van der Waals surface area contributed by atoms with Crippen molar-refractivity contribution in [2.75, 3.05) is 10.6 Å². The highest BCUT2D eigenvalue weighted by Crippen LogP contribution is 2.16. The van der Waals surface area contributed by atoms with E-state index < -0.39 is 0 Å². The van der Waals surface area contributed by atoms with Crippen molar-refractivity contribution in [1.82, 2.24) is 0 Å². The standard InChI is InChI=1S/C16H17N3O2/c1-11(20)18-13-6-8-14(9-7-13)19-16(21)15-5-3-2-4-12(15)10-17/h2-9H,10,17H2,1H3,(H,18,20)(H,19,21). The Morgan fingerprint density at radius 1 is 0.952 bits per heavy atom. The summed E-state index contributed by atoms with van der Waals surface area (Å²) >= 11 is 0. The molecule has 5 nitrogen and oxygen atoms in total. The molecule has 0 saturated heterocycles.